The van der Waals surface area contributed by atoms with Crippen LogP contribution >= 0.6 is 19.3 Å². The third kappa shape index (κ3) is 6.74. The van der Waals surface area contributed by atoms with Gasteiger partial charge in [-0.2, -0.15) is 15.1 Å². The van der Waals surface area contributed by atoms with Crippen molar-refractivity contribution >= 4 is 42.4 Å². The van der Waals surface area contributed by atoms with Gasteiger partial charge in [0.15, 0.2) is 17.4 Å². The molecule has 1 saturated heterocycles. The highest BCUT2D eigenvalue weighted by atomic mass is 35.5. The molecule has 0 aliphatic carbocycles. The first-order valence-electron chi connectivity index (χ1n) is 13.0. The molecular formula is C25H34ClN6O8P. The smallest absolute Gasteiger partial charge is 0.459 e. The third-order valence-corrected chi connectivity index (χ3v) is 8.14. The minimum absolute atomic E-state index is 0.0595. The molecule has 224 valence electrons. The van der Waals surface area contributed by atoms with E-state index in [4.69, 9.17) is 40.6 Å². The van der Waals surface area contributed by atoms with Crippen LogP contribution in [0, 0.1) is 0 Å². The number of aromatic nitrogens is 4. The van der Waals surface area contributed by atoms with Gasteiger partial charge in [0.25, 0.3) is 0 Å². The second-order valence-electron chi connectivity index (χ2n) is 9.77. The van der Waals surface area contributed by atoms with E-state index in [1.54, 1.807) is 58.0 Å². The summed E-state index contributed by atoms with van der Waals surface area (Å²) in [5.74, 6) is -0.339. The monoisotopic (exact) mass is 612 g/mol. The number of imidazole rings is 1. The Morgan fingerprint density at radius 2 is 2.00 bits per heavy atom. The number of hydrogen-bond donors (Lipinski definition) is 3. The predicted octanol–water partition coefficient (Wildman–Crippen LogP) is 3.20. The van der Waals surface area contributed by atoms with Crippen molar-refractivity contribution in [3.63, 3.8) is 0 Å². The first kappa shape index (κ1) is 30.9. The molecule has 16 heteroatoms. The van der Waals surface area contributed by atoms with Crippen LogP contribution in [0.1, 0.15) is 40.8 Å². The largest absolute Gasteiger partial charge is 0.476 e. The van der Waals surface area contributed by atoms with Gasteiger partial charge in [-0.25, -0.2) is 9.55 Å². The van der Waals surface area contributed by atoms with Crippen molar-refractivity contribution in [2.24, 2.45) is 0 Å². The van der Waals surface area contributed by atoms with Crippen molar-refractivity contribution in [2.45, 2.75) is 70.1 Å². The van der Waals surface area contributed by atoms with Crippen LogP contribution in [0.25, 0.3) is 11.2 Å². The highest BCUT2D eigenvalue weighted by Crippen LogP contribution is 2.54. The van der Waals surface area contributed by atoms with Crippen molar-refractivity contribution < 1.29 is 37.7 Å². The van der Waals surface area contributed by atoms with E-state index in [1.807, 2.05) is 0 Å². The Labute approximate surface area is 242 Å². The summed E-state index contributed by atoms with van der Waals surface area (Å²) in [5.41, 5.74) is 6.49. The summed E-state index contributed by atoms with van der Waals surface area (Å²) in [7, 11) is -4.37. The quantitative estimate of drug-likeness (QED) is 0.154. The molecule has 0 radical (unpaired) electrons. The molecule has 0 spiro atoms. The molecule has 1 fully saturated rings. The number of carbonyl (C=O) groups is 1. The number of benzene rings is 1. The maximum Gasteiger partial charge on any atom is 0.459 e. The summed E-state index contributed by atoms with van der Waals surface area (Å²) in [6.07, 6.45) is -2.31. The second-order valence-corrected chi connectivity index (χ2v) is 12.2. The van der Waals surface area contributed by atoms with Crippen molar-refractivity contribution in [3.05, 3.63) is 36.7 Å². The molecule has 1 aromatic carbocycles. The van der Waals surface area contributed by atoms with Crippen molar-refractivity contribution in [2.75, 3.05) is 18.9 Å². The minimum Gasteiger partial charge on any atom is -0.476 e. The fourth-order valence-electron chi connectivity index (χ4n) is 4.31. The number of halogens is 1. The highest BCUT2D eigenvalue weighted by Gasteiger charge is 2.57. The zero-order chi connectivity index (χ0) is 29.9. The molecule has 1 aliphatic heterocycles. The number of rotatable bonds is 12. The van der Waals surface area contributed by atoms with Crippen LogP contribution < -0.4 is 20.1 Å². The lowest BCUT2D eigenvalue weighted by Gasteiger charge is -2.32. The van der Waals surface area contributed by atoms with Gasteiger partial charge in [0.1, 0.15) is 28.9 Å². The molecular weight excluding hydrogens is 579 g/mol. The average Bonchev–Trinajstić information content (AvgIpc) is 3.41. The lowest BCUT2D eigenvalue weighted by Crippen LogP contribution is -2.44. The normalized spacial score (nSPS) is 24.7. The van der Waals surface area contributed by atoms with Gasteiger partial charge in [0.2, 0.25) is 11.8 Å². The summed E-state index contributed by atoms with van der Waals surface area (Å²) in [6.45, 7) is 7.99. The summed E-state index contributed by atoms with van der Waals surface area (Å²) in [4.78, 5) is 23.8. The van der Waals surface area contributed by atoms with Crippen LogP contribution in [0.15, 0.2) is 36.7 Å². The number of nitrogens with zero attached hydrogens (tertiary/aromatic N) is 4. The number of aliphatic hydroxyl groups excluding tert-OH is 1. The van der Waals surface area contributed by atoms with E-state index in [-0.39, 0.29) is 23.2 Å². The predicted molar refractivity (Wildman–Crippen MR) is 150 cm³/mol. The van der Waals surface area contributed by atoms with Crippen LogP contribution in [0.2, 0.25) is 0 Å². The van der Waals surface area contributed by atoms with Crippen molar-refractivity contribution in [1.82, 2.24) is 24.6 Å². The number of anilines is 1. The zero-order valence-electron chi connectivity index (χ0n) is 23.3. The maximum atomic E-state index is 14.2. The number of fused-ring (bicyclic) bond motifs is 1. The molecule has 3 aromatic rings. The maximum absolute atomic E-state index is 14.2. The topological polar surface area (TPSA) is 182 Å². The first-order valence-corrected chi connectivity index (χ1v) is 14.9. The van der Waals surface area contributed by atoms with Crippen LogP contribution in [0.4, 0.5) is 5.95 Å². The van der Waals surface area contributed by atoms with Gasteiger partial charge in [-0.15, -0.1) is 11.6 Å². The van der Waals surface area contributed by atoms with Crippen LogP contribution in [-0.4, -0.2) is 73.0 Å². The lowest BCUT2D eigenvalue weighted by molar-refractivity contribution is -0.149. The van der Waals surface area contributed by atoms with Crippen molar-refractivity contribution in [1.29, 1.82) is 0 Å². The molecule has 2 aromatic heterocycles. The fourth-order valence-corrected chi connectivity index (χ4v) is 6.50. The van der Waals surface area contributed by atoms with Crippen LogP contribution in [0.5, 0.6) is 11.6 Å². The van der Waals surface area contributed by atoms with Gasteiger partial charge >= 0.3 is 13.7 Å². The number of nitrogen functional groups attached to an aromatic ring is 1. The van der Waals surface area contributed by atoms with E-state index in [2.05, 4.69) is 20.0 Å². The minimum atomic E-state index is -4.37. The average molecular weight is 613 g/mol. The van der Waals surface area contributed by atoms with E-state index >= 15 is 0 Å². The number of nitrogens with one attached hydrogen (secondary N) is 1. The van der Waals surface area contributed by atoms with Gasteiger partial charge in [-0.1, -0.05) is 18.2 Å². The van der Waals surface area contributed by atoms with Gasteiger partial charge in [-0.3, -0.25) is 13.9 Å². The van der Waals surface area contributed by atoms with Gasteiger partial charge in [0.05, 0.1) is 25.6 Å². The van der Waals surface area contributed by atoms with E-state index < -0.39 is 55.8 Å². The number of nitrogens with two attached hydrogens (primary N) is 1. The molecule has 4 rings (SSSR count). The molecule has 41 heavy (non-hydrogen) atoms. The fraction of sp³-hybridized carbons (Fsp3) is 0.520. The number of para-hydroxylation sites is 1. The molecule has 1 unspecified atom stereocenters. The first-order chi connectivity index (χ1) is 19.4. The number of aliphatic hydroxyl groups is 1. The Kier molecular flexibility index (Phi) is 9.42. The van der Waals surface area contributed by atoms with E-state index in [9.17, 15) is 14.5 Å². The Morgan fingerprint density at radius 3 is 2.63 bits per heavy atom. The van der Waals surface area contributed by atoms with Gasteiger partial charge in [-0.05, 0) is 46.8 Å². The second kappa shape index (κ2) is 12.5. The van der Waals surface area contributed by atoms with Crippen LogP contribution in [-0.2, 0) is 23.4 Å². The Bertz CT molecular complexity index is 1410. The molecule has 0 saturated carbocycles. The van der Waals surface area contributed by atoms with Gasteiger partial charge in [0, 0.05) is 0 Å². The van der Waals surface area contributed by atoms with E-state index in [0.717, 1.165) is 0 Å². The van der Waals surface area contributed by atoms with E-state index in [0.29, 0.717) is 12.1 Å². The lowest BCUT2D eigenvalue weighted by atomic mass is 10.0. The molecule has 3 heterocycles. The van der Waals surface area contributed by atoms with Gasteiger partial charge < -0.3 is 29.6 Å². The molecule has 4 N–H and O–H groups in total. The number of ether oxygens (including phenoxy) is 3. The molecule has 0 bridgehead atoms. The zero-order valence-corrected chi connectivity index (χ0v) is 24.9. The standard InChI is InChI=1S/C25H34ClN6O8P/c1-6-36-21-18-20(29-24(27)30-21)32(13-28-18)23-25(5,26)19(17(12-33)38-23)40-41(35,39-16-10-8-7-9-11-16)31-15(4)22(34)37-14(2)3/h7-11,13-15,17,19,23,33H,6,12H2,1-5H3,(H,31,35)(H2,27,29,30)/t15-,17+,19+,23+,25+,41?/m0/s1. The summed E-state index contributed by atoms with van der Waals surface area (Å²) in [6, 6.07) is 7.18. The summed E-state index contributed by atoms with van der Waals surface area (Å²) < 4.78 is 44.5. The van der Waals surface area contributed by atoms with E-state index in [1.165, 1.54) is 17.8 Å². The summed E-state index contributed by atoms with van der Waals surface area (Å²) >= 11 is 7.07. The Hall–Kier alpha value is -3.00. The van der Waals surface area contributed by atoms with Crippen molar-refractivity contribution in [3.8, 4) is 11.6 Å². The molecule has 6 atom stereocenters. The molecule has 0 amide bonds. The number of carbonyl (C=O) groups excluding carboxylic acids is 1. The molecule has 1 aliphatic rings. The summed E-state index contributed by atoms with van der Waals surface area (Å²) in [5, 5.41) is 12.9. The Morgan fingerprint density at radius 1 is 1.29 bits per heavy atom. The SMILES string of the molecule is CCOc1nc(N)nc2c1ncn2[C@@H]1O[C@H](CO)[C@@H](OP(=O)(N[C@@H](C)C(=O)OC(C)C)Oc2ccccc2)[C@@]1(C)Cl. The van der Waals surface area contributed by atoms with Crippen LogP contribution in [0.3, 0.4) is 0 Å². The third-order valence-electron chi connectivity index (χ3n) is 6.08. The Balaban J connectivity index is 1.69. The number of esters is 1. The molecule has 14 nitrogen and oxygen atoms in total. The number of hydrogen-bond acceptors (Lipinski definition) is 12. The highest BCUT2D eigenvalue weighted by molar-refractivity contribution is 7.52. The number of alkyl halides is 1.